The number of carbonyl (C=O) groups is 3. The summed E-state index contributed by atoms with van der Waals surface area (Å²) in [6, 6.07) is 6.42. The summed E-state index contributed by atoms with van der Waals surface area (Å²) < 4.78 is 12.5. The third-order valence-corrected chi connectivity index (χ3v) is 9.27. The zero-order valence-corrected chi connectivity index (χ0v) is 26.6. The fourth-order valence-corrected chi connectivity index (χ4v) is 8.06. The molecule has 2 fully saturated rings. The summed E-state index contributed by atoms with van der Waals surface area (Å²) in [5, 5.41) is 9.70. The summed E-state index contributed by atoms with van der Waals surface area (Å²) in [7, 11) is 0. The number of ether oxygens (including phenoxy) is 2. The van der Waals surface area contributed by atoms with E-state index in [0.29, 0.717) is 37.6 Å². The van der Waals surface area contributed by atoms with Crippen molar-refractivity contribution in [3.63, 3.8) is 0 Å². The Balaban J connectivity index is 1.58. The fraction of sp³-hybridized carbons (Fsp3) is 0.618. The van der Waals surface area contributed by atoms with Gasteiger partial charge in [0, 0.05) is 37.5 Å². The van der Waals surface area contributed by atoms with Crippen molar-refractivity contribution >= 4 is 23.4 Å². The molecule has 5 rings (SSSR count). The van der Waals surface area contributed by atoms with Crippen molar-refractivity contribution in [2.75, 3.05) is 37.7 Å². The van der Waals surface area contributed by atoms with Gasteiger partial charge in [0.15, 0.2) is 0 Å². The number of hydrogen-bond acceptors (Lipinski definition) is 6. The molecule has 1 N–H and O–H groups in total. The molecule has 1 spiro atoms. The van der Waals surface area contributed by atoms with E-state index in [1.54, 1.807) is 9.80 Å². The van der Waals surface area contributed by atoms with Crippen LogP contribution in [0.1, 0.15) is 61.3 Å². The topological polar surface area (TPSA) is 99.6 Å². The molecule has 1 aromatic carbocycles. The van der Waals surface area contributed by atoms with Gasteiger partial charge in [-0.15, -0.1) is 0 Å². The molecule has 0 bridgehead atoms. The molecule has 9 nitrogen and oxygen atoms in total. The van der Waals surface area contributed by atoms with Gasteiger partial charge in [0.25, 0.3) is 0 Å². The number of hydrogen-bond donors (Lipinski definition) is 1. The van der Waals surface area contributed by atoms with E-state index in [1.165, 1.54) is 0 Å². The summed E-state index contributed by atoms with van der Waals surface area (Å²) in [5.74, 6) is -1.72. The standard InChI is InChI=1S/C34H47N3O6/c1-8-42-24-14-12-23(13-15-24)35-18-9-16-33(7)25(28(35)39)26-29(40)36(19-11-21-38)27-30(41)37(20-10-17-34(26,27)43-33)32(5,6)22-31(2,3)4/h9-10,12-17,25-27,38H,8,11,18-22H2,1-7H3/t25-,26-,27?,33+,34-/m0/s1. The average Bonchev–Trinajstić information content (AvgIpc) is 3.17. The van der Waals surface area contributed by atoms with Crippen molar-refractivity contribution in [3.8, 4) is 5.75 Å². The minimum atomic E-state index is -1.32. The molecule has 4 aliphatic heterocycles. The van der Waals surface area contributed by atoms with Gasteiger partial charge in [-0.25, -0.2) is 0 Å². The molecule has 0 aromatic heterocycles. The van der Waals surface area contributed by atoms with Crippen LogP contribution in [0, 0.1) is 17.3 Å². The van der Waals surface area contributed by atoms with Gasteiger partial charge < -0.3 is 29.3 Å². The Kier molecular flexibility index (Phi) is 8.05. The number of nitrogens with zero attached hydrogens (tertiary/aromatic N) is 3. The smallest absolute Gasteiger partial charge is 0.249 e. The first-order chi connectivity index (χ1) is 20.2. The molecule has 43 heavy (non-hydrogen) atoms. The van der Waals surface area contributed by atoms with E-state index in [2.05, 4.69) is 34.6 Å². The molecule has 234 valence electrons. The Hall–Kier alpha value is -3.17. The zero-order chi connectivity index (χ0) is 31.4. The number of carbonyl (C=O) groups excluding carboxylic acids is 3. The van der Waals surface area contributed by atoms with E-state index in [9.17, 15) is 19.5 Å². The predicted octanol–water partition coefficient (Wildman–Crippen LogP) is 3.95. The third kappa shape index (κ3) is 5.29. The van der Waals surface area contributed by atoms with Crippen LogP contribution in [0.4, 0.5) is 5.69 Å². The van der Waals surface area contributed by atoms with Crippen LogP contribution in [0.2, 0.25) is 0 Å². The first-order valence-corrected chi connectivity index (χ1v) is 15.5. The number of benzene rings is 1. The number of rotatable bonds is 8. The van der Waals surface area contributed by atoms with Crippen molar-refractivity contribution in [3.05, 3.63) is 48.6 Å². The van der Waals surface area contributed by atoms with Crippen LogP contribution >= 0.6 is 0 Å². The highest BCUT2D eigenvalue weighted by molar-refractivity contribution is 6.04. The van der Waals surface area contributed by atoms with E-state index in [-0.39, 0.29) is 36.3 Å². The molecule has 0 aliphatic carbocycles. The molecule has 9 heteroatoms. The van der Waals surface area contributed by atoms with Crippen LogP contribution in [-0.4, -0.2) is 88.3 Å². The lowest BCUT2D eigenvalue weighted by Gasteiger charge is -2.44. The molecule has 0 saturated carbocycles. The van der Waals surface area contributed by atoms with Crippen LogP contribution in [0.3, 0.4) is 0 Å². The second kappa shape index (κ2) is 11.1. The van der Waals surface area contributed by atoms with E-state index < -0.39 is 34.6 Å². The van der Waals surface area contributed by atoms with Crippen molar-refractivity contribution < 1.29 is 29.0 Å². The van der Waals surface area contributed by atoms with Crippen LogP contribution in [0.5, 0.6) is 5.75 Å². The van der Waals surface area contributed by atoms with Crippen molar-refractivity contribution in [2.45, 2.75) is 84.1 Å². The Morgan fingerprint density at radius 2 is 1.63 bits per heavy atom. The van der Waals surface area contributed by atoms with Crippen molar-refractivity contribution in [2.24, 2.45) is 17.3 Å². The van der Waals surface area contributed by atoms with Crippen LogP contribution in [0.25, 0.3) is 0 Å². The monoisotopic (exact) mass is 593 g/mol. The summed E-state index contributed by atoms with van der Waals surface area (Å²) >= 11 is 0. The van der Waals surface area contributed by atoms with Crippen molar-refractivity contribution in [1.29, 1.82) is 0 Å². The number of aliphatic hydroxyl groups is 1. The number of fused-ring (bicyclic) bond motifs is 2. The summed E-state index contributed by atoms with van der Waals surface area (Å²) in [5.41, 5.74) is -2.25. The highest BCUT2D eigenvalue weighted by Gasteiger charge is 2.75. The molecule has 0 radical (unpaired) electrons. The highest BCUT2D eigenvalue weighted by atomic mass is 16.5. The van der Waals surface area contributed by atoms with Gasteiger partial charge in [0.2, 0.25) is 17.7 Å². The lowest BCUT2D eigenvalue weighted by molar-refractivity contribution is -0.155. The van der Waals surface area contributed by atoms with Gasteiger partial charge in [-0.3, -0.25) is 14.4 Å². The van der Waals surface area contributed by atoms with Gasteiger partial charge in [-0.2, -0.15) is 0 Å². The maximum absolute atomic E-state index is 14.7. The quantitative estimate of drug-likeness (QED) is 0.459. The molecule has 4 aliphatic rings. The molecule has 4 heterocycles. The lowest BCUT2D eigenvalue weighted by Crippen LogP contribution is -2.60. The maximum Gasteiger partial charge on any atom is 0.249 e. The van der Waals surface area contributed by atoms with Crippen LogP contribution < -0.4 is 9.64 Å². The van der Waals surface area contributed by atoms with Gasteiger partial charge in [0.1, 0.15) is 17.4 Å². The Morgan fingerprint density at radius 1 is 0.953 bits per heavy atom. The van der Waals surface area contributed by atoms with Crippen LogP contribution in [-0.2, 0) is 19.1 Å². The molecule has 3 amide bonds. The molecule has 1 unspecified atom stereocenters. The average molecular weight is 594 g/mol. The predicted molar refractivity (Wildman–Crippen MR) is 165 cm³/mol. The normalized spacial score (nSPS) is 30.7. The largest absolute Gasteiger partial charge is 0.494 e. The Morgan fingerprint density at radius 3 is 2.26 bits per heavy atom. The lowest BCUT2D eigenvalue weighted by atomic mass is 9.74. The number of amides is 3. The Labute approximate surface area is 255 Å². The number of anilines is 1. The maximum atomic E-state index is 14.7. The third-order valence-electron chi connectivity index (χ3n) is 9.27. The minimum absolute atomic E-state index is 0.0336. The van der Waals surface area contributed by atoms with Gasteiger partial charge in [-0.1, -0.05) is 45.1 Å². The van der Waals surface area contributed by atoms with Crippen LogP contribution in [0.15, 0.2) is 48.6 Å². The van der Waals surface area contributed by atoms with E-state index in [1.807, 2.05) is 67.3 Å². The molecule has 1 aromatic rings. The fourth-order valence-electron chi connectivity index (χ4n) is 8.06. The highest BCUT2D eigenvalue weighted by Crippen LogP contribution is 2.58. The second-order valence-electron chi connectivity index (χ2n) is 14.3. The van der Waals surface area contributed by atoms with E-state index >= 15 is 0 Å². The summed E-state index contributed by atoms with van der Waals surface area (Å²) in [6.45, 7) is 15.7. The Bertz CT molecular complexity index is 1310. The zero-order valence-electron chi connectivity index (χ0n) is 26.6. The molecular formula is C34H47N3O6. The van der Waals surface area contributed by atoms with E-state index in [4.69, 9.17) is 9.47 Å². The second-order valence-corrected chi connectivity index (χ2v) is 14.3. The van der Waals surface area contributed by atoms with E-state index in [0.717, 1.165) is 6.42 Å². The minimum Gasteiger partial charge on any atom is -0.494 e. The first kappa shape index (κ1) is 31.3. The summed E-state index contributed by atoms with van der Waals surface area (Å²) in [4.78, 5) is 48.8. The number of aliphatic hydroxyl groups excluding tert-OH is 1. The molecular weight excluding hydrogens is 546 g/mol. The van der Waals surface area contributed by atoms with Gasteiger partial charge >= 0.3 is 0 Å². The SMILES string of the molecule is CCOc1ccc(N2CC=C[C@@]3(C)O[C@]45C=CCN(C(C)(C)CC(C)(C)C)C(=O)C4N(CCCO)C(=O)[C@@H]5[C@H]3C2=O)cc1. The number of likely N-dealkylation sites (tertiary alicyclic amines) is 1. The molecule has 2 saturated heterocycles. The van der Waals surface area contributed by atoms with Gasteiger partial charge in [-0.05, 0) is 70.2 Å². The van der Waals surface area contributed by atoms with Gasteiger partial charge in [0.05, 0.1) is 24.0 Å². The molecule has 5 atom stereocenters. The van der Waals surface area contributed by atoms with Crippen molar-refractivity contribution in [1.82, 2.24) is 9.80 Å². The summed E-state index contributed by atoms with van der Waals surface area (Å²) in [6.07, 6.45) is 8.70. The first-order valence-electron chi connectivity index (χ1n) is 15.5.